The number of Topliss-reactive ketones (excluding diaryl/α,β-unsaturated/α-hetero) is 1. The topological polar surface area (TPSA) is 70.4 Å². The van der Waals surface area contributed by atoms with E-state index in [9.17, 15) is 14.0 Å². The number of benzene rings is 2. The molecule has 6 heteroatoms. The average Bonchev–Trinajstić information content (AvgIpc) is 2.78. The maximum Gasteiger partial charge on any atom is 0.410 e. The van der Waals surface area contributed by atoms with E-state index in [-0.39, 0.29) is 48.5 Å². The van der Waals surface area contributed by atoms with Crippen molar-refractivity contribution in [1.82, 2.24) is 4.90 Å². The molecule has 2 bridgehead atoms. The number of fused-ring (bicyclic) bond motifs is 2. The third-order valence-electron chi connectivity index (χ3n) is 6.36. The number of hydrogen-bond donors (Lipinski definition) is 0. The lowest BCUT2D eigenvalue weighted by Crippen LogP contribution is -2.55. The van der Waals surface area contributed by atoms with Crippen LogP contribution in [0.2, 0.25) is 0 Å². The van der Waals surface area contributed by atoms with Crippen molar-refractivity contribution in [2.45, 2.75) is 57.2 Å². The van der Waals surface area contributed by atoms with Crippen LogP contribution in [0.1, 0.15) is 53.6 Å². The van der Waals surface area contributed by atoms with Crippen LogP contribution in [-0.2, 0) is 17.8 Å². The van der Waals surface area contributed by atoms with Crippen LogP contribution < -0.4 is 0 Å². The molecule has 2 aliphatic rings. The maximum atomic E-state index is 13.9. The highest BCUT2D eigenvalue weighted by Crippen LogP contribution is 2.39. The number of halogens is 1. The fourth-order valence-electron chi connectivity index (χ4n) is 4.87. The van der Waals surface area contributed by atoms with Gasteiger partial charge in [-0.1, -0.05) is 30.3 Å². The first-order chi connectivity index (χ1) is 15.1. The molecule has 0 N–H and O–H groups in total. The molecule has 0 saturated carbocycles. The minimum atomic E-state index is -0.467. The second kappa shape index (κ2) is 9.30. The molecule has 31 heavy (non-hydrogen) atoms. The van der Waals surface area contributed by atoms with Gasteiger partial charge in [-0.15, -0.1) is 0 Å². The number of carbonyl (C=O) groups excluding carboxylic acids is 2. The van der Waals surface area contributed by atoms with E-state index in [4.69, 9.17) is 10.00 Å². The van der Waals surface area contributed by atoms with Gasteiger partial charge in [0.25, 0.3) is 0 Å². The third-order valence-corrected chi connectivity index (χ3v) is 6.36. The van der Waals surface area contributed by atoms with Crippen LogP contribution in [0.25, 0.3) is 0 Å². The first-order valence-corrected chi connectivity index (χ1v) is 10.8. The Morgan fingerprint density at radius 3 is 2.48 bits per heavy atom. The SMILES string of the molecule is N#CCc1cc(C(=O)C2CC3CCCC(C2)N3C(=O)OCc2ccccc2)ccc1F. The molecule has 2 aromatic rings. The van der Waals surface area contributed by atoms with Gasteiger partial charge in [0, 0.05) is 29.1 Å². The molecular weight excluding hydrogens is 395 g/mol. The van der Waals surface area contributed by atoms with Gasteiger partial charge in [-0.25, -0.2) is 9.18 Å². The Hall–Kier alpha value is -3.20. The molecule has 2 atom stereocenters. The Labute approximate surface area is 181 Å². The van der Waals surface area contributed by atoms with Crippen molar-refractivity contribution in [3.05, 3.63) is 71.0 Å². The summed E-state index contributed by atoms with van der Waals surface area (Å²) >= 11 is 0. The number of piperidine rings is 2. The second-order valence-corrected chi connectivity index (χ2v) is 8.36. The summed E-state index contributed by atoms with van der Waals surface area (Å²) in [5.41, 5.74) is 1.63. The van der Waals surface area contributed by atoms with Gasteiger partial charge in [0.15, 0.2) is 5.78 Å². The number of nitrogens with zero attached hydrogens (tertiary/aromatic N) is 2. The van der Waals surface area contributed by atoms with Crippen LogP contribution in [0.4, 0.5) is 9.18 Å². The van der Waals surface area contributed by atoms with E-state index < -0.39 is 5.82 Å². The zero-order valence-corrected chi connectivity index (χ0v) is 17.3. The summed E-state index contributed by atoms with van der Waals surface area (Å²) in [6.45, 7) is 0.231. The van der Waals surface area contributed by atoms with Crippen molar-refractivity contribution in [3.8, 4) is 6.07 Å². The molecule has 4 rings (SSSR count). The number of hydrogen-bond acceptors (Lipinski definition) is 4. The number of amides is 1. The largest absolute Gasteiger partial charge is 0.445 e. The van der Waals surface area contributed by atoms with Crippen LogP contribution >= 0.6 is 0 Å². The van der Waals surface area contributed by atoms with Crippen molar-refractivity contribution in [3.63, 3.8) is 0 Å². The predicted octanol–water partition coefficient (Wildman–Crippen LogP) is 5.04. The summed E-state index contributed by atoms with van der Waals surface area (Å²) < 4.78 is 19.4. The van der Waals surface area contributed by atoms with Crippen molar-refractivity contribution >= 4 is 11.9 Å². The monoisotopic (exact) mass is 420 g/mol. The van der Waals surface area contributed by atoms with Crippen molar-refractivity contribution in [2.75, 3.05) is 0 Å². The standard InChI is InChI=1S/C25H25FN2O3/c26-23-10-9-19(13-18(23)11-12-27)24(29)20-14-21-7-4-8-22(15-20)28(21)25(30)31-16-17-5-2-1-3-6-17/h1-3,5-6,9-10,13,20-22H,4,7-8,11,14-16H2. The highest BCUT2D eigenvalue weighted by molar-refractivity contribution is 5.98. The lowest BCUT2D eigenvalue weighted by molar-refractivity contribution is 0.00472. The summed E-state index contributed by atoms with van der Waals surface area (Å²) in [5.74, 6) is -0.715. The van der Waals surface area contributed by atoms with Gasteiger partial charge >= 0.3 is 6.09 Å². The van der Waals surface area contributed by atoms with Crippen LogP contribution in [0.5, 0.6) is 0 Å². The molecule has 0 spiro atoms. The quantitative estimate of drug-likeness (QED) is 0.635. The number of carbonyl (C=O) groups is 2. The fourth-order valence-corrected chi connectivity index (χ4v) is 4.87. The Morgan fingerprint density at radius 2 is 1.81 bits per heavy atom. The van der Waals surface area contributed by atoms with E-state index in [2.05, 4.69) is 0 Å². The van der Waals surface area contributed by atoms with Crippen molar-refractivity contribution < 1.29 is 18.7 Å². The first-order valence-electron chi connectivity index (χ1n) is 10.8. The number of nitriles is 1. The maximum absolute atomic E-state index is 13.9. The molecule has 2 heterocycles. The van der Waals surface area contributed by atoms with Crippen molar-refractivity contribution in [1.29, 1.82) is 5.26 Å². The molecule has 2 unspecified atom stereocenters. The van der Waals surface area contributed by atoms with Gasteiger partial charge in [-0.05, 0) is 55.9 Å². The molecule has 2 aromatic carbocycles. The molecule has 1 amide bonds. The Bertz CT molecular complexity index is 988. The van der Waals surface area contributed by atoms with Crippen LogP contribution in [0, 0.1) is 23.1 Å². The molecule has 2 fully saturated rings. The zero-order valence-electron chi connectivity index (χ0n) is 17.3. The van der Waals surface area contributed by atoms with Gasteiger partial charge in [0.1, 0.15) is 12.4 Å². The average molecular weight is 420 g/mol. The highest BCUT2D eigenvalue weighted by Gasteiger charge is 2.43. The van der Waals surface area contributed by atoms with E-state index in [1.807, 2.05) is 41.3 Å². The third kappa shape index (κ3) is 4.61. The minimum absolute atomic E-state index is 0.0243. The van der Waals surface area contributed by atoms with Gasteiger partial charge in [0.05, 0.1) is 12.5 Å². The van der Waals surface area contributed by atoms with Gasteiger partial charge < -0.3 is 9.64 Å². The number of ether oxygens (including phenoxy) is 1. The summed E-state index contributed by atoms with van der Waals surface area (Å²) in [5, 5.41) is 8.88. The van der Waals surface area contributed by atoms with Gasteiger partial charge in [-0.2, -0.15) is 5.26 Å². The molecule has 0 aliphatic carbocycles. The molecule has 0 aromatic heterocycles. The Kier molecular flexibility index (Phi) is 6.31. The molecule has 2 aliphatic heterocycles. The summed E-state index contributed by atoms with van der Waals surface area (Å²) in [6.07, 6.45) is 3.52. The number of ketones is 1. The zero-order chi connectivity index (χ0) is 21.8. The normalized spacial score (nSPS) is 22.5. The highest BCUT2D eigenvalue weighted by atomic mass is 19.1. The molecule has 2 saturated heterocycles. The van der Waals surface area contributed by atoms with Crippen LogP contribution in [0.3, 0.4) is 0 Å². The fraction of sp³-hybridized carbons (Fsp3) is 0.400. The van der Waals surface area contributed by atoms with E-state index in [1.165, 1.54) is 18.2 Å². The van der Waals surface area contributed by atoms with E-state index in [1.54, 1.807) is 0 Å². The van der Waals surface area contributed by atoms with E-state index in [0.29, 0.717) is 18.4 Å². The first kappa shape index (κ1) is 21.0. The van der Waals surface area contributed by atoms with E-state index >= 15 is 0 Å². The Balaban J connectivity index is 1.44. The smallest absolute Gasteiger partial charge is 0.410 e. The number of rotatable bonds is 5. The molecule has 5 nitrogen and oxygen atoms in total. The van der Waals surface area contributed by atoms with E-state index in [0.717, 1.165) is 24.8 Å². The lowest BCUT2D eigenvalue weighted by Gasteiger charge is -2.47. The molecule has 0 radical (unpaired) electrons. The summed E-state index contributed by atoms with van der Waals surface area (Å²) in [4.78, 5) is 27.8. The summed E-state index contributed by atoms with van der Waals surface area (Å²) in [7, 11) is 0. The van der Waals surface area contributed by atoms with Gasteiger partial charge in [0.2, 0.25) is 0 Å². The predicted molar refractivity (Wildman–Crippen MR) is 113 cm³/mol. The lowest BCUT2D eigenvalue weighted by atomic mass is 9.75. The van der Waals surface area contributed by atoms with Gasteiger partial charge in [-0.3, -0.25) is 4.79 Å². The molecular formula is C25H25FN2O3. The minimum Gasteiger partial charge on any atom is -0.445 e. The summed E-state index contributed by atoms with van der Waals surface area (Å²) in [6, 6.07) is 15.7. The van der Waals surface area contributed by atoms with Crippen LogP contribution in [-0.4, -0.2) is 28.9 Å². The second-order valence-electron chi connectivity index (χ2n) is 8.36. The van der Waals surface area contributed by atoms with Crippen molar-refractivity contribution in [2.24, 2.45) is 5.92 Å². The Morgan fingerprint density at radius 1 is 1.10 bits per heavy atom. The van der Waals surface area contributed by atoms with Crippen LogP contribution in [0.15, 0.2) is 48.5 Å². The molecule has 160 valence electrons.